The number of ether oxygens (including phenoxy) is 4. The Bertz CT molecular complexity index is 3500. The third-order valence-electron chi connectivity index (χ3n) is 15.4. The Morgan fingerprint density at radius 3 is 1.18 bits per heavy atom. The van der Waals surface area contributed by atoms with E-state index in [1.807, 2.05) is 38.0 Å². The monoisotopic (exact) mass is 1450 g/mol. The molecule has 564 valence electrons. The Labute approximate surface area is 601 Å². The summed E-state index contributed by atoms with van der Waals surface area (Å²) in [4.78, 5) is 174. The highest BCUT2D eigenvalue weighted by Crippen LogP contribution is 2.33. The maximum Gasteiger partial charge on any atom is 0.519 e. The summed E-state index contributed by atoms with van der Waals surface area (Å²) in [6, 6.07) is 8.22. The average Bonchev–Trinajstić information content (AvgIpc) is 0.812. The topological polar surface area (TPSA) is 490 Å². The smallest absolute Gasteiger partial charge is 0.445 e. The highest BCUT2D eigenvalue weighted by molar-refractivity contribution is 6.02. The Morgan fingerprint density at radius 2 is 0.856 bits per heavy atom. The van der Waals surface area contributed by atoms with Gasteiger partial charge in [-0.15, -0.1) is 0 Å². The third kappa shape index (κ3) is 29.4. The lowest BCUT2D eigenvalue weighted by Gasteiger charge is -2.25. The number of nitro benzene ring substituents is 2. The number of primary amides is 2. The van der Waals surface area contributed by atoms with Crippen molar-refractivity contribution in [2.45, 2.75) is 103 Å². The van der Waals surface area contributed by atoms with Crippen LogP contribution in [0.25, 0.3) is 0 Å². The number of non-ortho nitro benzene ring substituents is 2. The Morgan fingerprint density at radius 1 is 0.490 bits per heavy atom. The molecular weight excluding hydrogens is 1360 g/mol. The van der Waals surface area contributed by atoms with Crippen molar-refractivity contribution in [3.63, 3.8) is 0 Å². The van der Waals surface area contributed by atoms with E-state index in [4.69, 9.17) is 30.4 Å². The van der Waals surface area contributed by atoms with Crippen LogP contribution in [0.3, 0.4) is 0 Å². The van der Waals surface area contributed by atoms with E-state index in [2.05, 4.69) is 66.3 Å². The van der Waals surface area contributed by atoms with Crippen molar-refractivity contribution in [1.29, 1.82) is 0 Å². The number of amides is 12. The number of nitrogens with zero attached hydrogens (tertiary/aromatic N) is 4. The van der Waals surface area contributed by atoms with Gasteiger partial charge in [-0.1, -0.05) is 65.1 Å². The maximum atomic E-state index is 14.3. The lowest BCUT2D eigenvalue weighted by Crippen LogP contribution is -2.54. The normalized spacial score (nSPS) is 12.0. The number of carbonyl (C=O) groups excluding carboxylic acids is 11. The fourth-order valence-corrected chi connectivity index (χ4v) is 10.1. The zero-order valence-corrected chi connectivity index (χ0v) is 59.5. The van der Waals surface area contributed by atoms with Crippen LogP contribution < -0.4 is 74.1 Å². The van der Waals surface area contributed by atoms with Gasteiger partial charge in [0.1, 0.15) is 48.9 Å². The van der Waals surface area contributed by atoms with Gasteiger partial charge in [0.25, 0.3) is 23.2 Å². The molecule has 0 aliphatic rings. The minimum Gasteiger partial charge on any atom is -0.445 e. The molecule has 35 heteroatoms. The first-order chi connectivity index (χ1) is 49.3. The average molecular weight is 1450 g/mol. The van der Waals surface area contributed by atoms with Gasteiger partial charge in [-0.3, -0.25) is 49.0 Å². The Kier molecular flexibility index (Phi) is 35.1. The van der Waals surface area contributed by atoms with E-state index in [1.165, 1.54) is 48.6 Å². The number of carbonyl (C=O) groups is 11. The molecule has 0 saturated heterocycles. The predicted molar refractivity (Wildman–Crippen MR) is 384 cm³/mol. The molecule has 4 rings (SSSR count). The summed E-state index contributed by atoms with van der Waals surface area (Å²) in [6.45, 7) is 14.8. The highest BCUT2D eigenvalue weighted by Gasteiger charge is 2.32. The molecule has 12 amide bonds. The first-order valence-electron chi connectivity index (χ1n) is 33.2. The number of anilines is 2. The van der Waals surface area contributed by atoms with Gasteiger partial charge in [-0.25, -0.2) is 24.0 Å². The SMILES string of the molecule is C=CCOC(=O)N[C@H](C(=O)N[C@@H](CCCNC(N)=O)C(=O)Nc1ccc(Cc2cc([N+](=O)[O-])ccc2OC(=O)Oc2ccc([N+](=O)[O-])cc2Cc2ccc(NC(=O)[C@H](CCCNC(N)=O)NC(=O)[C@@H](NC(=O)OCC=C)C(C)C)cc2C(=O)NCCCN(C)C)c(C(=O)NCCCN(C)C)c1)C(C)C. The lowest BCUT2D eigenvalue weighted by molar-refractivity contribution is -0.385. The van der Waals surface area contributed by atoms with Crippen molar-refractivity contribution >= 4 is 88.6 Å². The van der Waals surface area contributed by atoms with Crippen LogP contribution in [0.15, 0.2) is 98.1 Å². The number of hydrogen-bond donors (Lipinski definition) is 12. The molecule has 0 unspecified atom stereocenters. The van der Waals surface area contributed by atoms with Gasteiger partial charge >= 0.3 is 30.4 Å². The molecule has 0 aliphatic carbocycles. The Hall–Kier alpha value is -11.7. The molecule has 0 aliphatic heterocycles. The molecule has 0 fully saturated rings. The van der Waals surface area contributed by atoms with Crippen molar-refractivity contribution in [3.05, 3.63) is 152 Å². The van der Waals surface area contributed by atoms with E-state index in [0.29, 0.717) is 25.9 Å². The minimum atomic E-state index is -1.45. The van der Waals surface area contributed by atoms with E-state index < -0.39 is 123 Å². The number of urea groups is 2. The second kappa shape index (κ2) is 43.1. The molecule has 104 heavy (non-hydrogen) atoms. The van der Waals surface area contributed by atoms with Crippen LogP contribution in [0.4, 0.5) is 46.7 Å². The van der Waals surface area contributed by atoms with Crippen LogP contribution in [-0.2, 0) is 41.5 Å². The van der Waals surface area contributed by atoms with Crippen molar-refractivity contribution < 1.29 is 81.5 Å². The van der Waals surface area contributed by atoms with Crippen molar-refractivity contribution in [1.82, 2.24) is 52.3 Å². The molecule has 0 heterocycles. The molecule has 0 radical (unpaired) electrons. The summed E-state index contributed by atoms with van der Waals surface area (Å²) in [5.41, 5.74) is 9.88. The second-order valence-electron chi connectivity index (χ2n) is 24.9. The van der Waals surface area contributed by atoms with Crippen LogP contribution in [0.1, 0.15) is 109 Å². The van der Waals surface area contributed by atoms with Crippen LogP contribution in [0, 0.1) is 32.1 Å². The van der Waals surface area contributed by atoms with Gasteiger partial charge in [-0.2, -0.15) is 0 Å². The fourth-order valence-electron chi connectivity index (χ4n) is 10.1. The Balaban J connectivity index is 1.76. The van der Waals surface area contributed by atoms with Crippen molar-refractivity contribution in [3.8, 4) is 11.5 Å². The minimum absolute atomic E-state index is 0.0132. The van der Waals surface area contributed by atoms with Gasteiger partial charge in [0.2, 0.25) is 23.6 Å². The van der Waals surface area contributed by atoms with Crippen LogP contribution in [-0.4, -0.2) is 190 Å². The van der Waals surface area contributed by atoms with Gasteiger partial charge in [0, 0.05) is 96.9 Å². The number of benzene rings is 4. The van der Waals surface area contributed by atoms with Crippen LogP contribution in [0.2, 0.25) is 0 Å². The number of nitrogens with two attached hydrogens (primary N) is 2. The van der Waals surface area contributed by atoms with Crippen LogP contribution >= 0.6 is 0 Å². The van der Waals surface area contributed by atoms with Gasteiger partial charge < -0.3 is 93.4 Å². The molecule has 0 aromatic heterocycles. The maximum absolute atomic E-state index is 14.3. The third-order valence-corrected chi connectivity index (χ3v) is 15.4. The summed E-state index contributed by atoms with van der Waals surface area (Å²) >= 11 is 0. The van der Waals surface area contributed by atoms with E-state index in [9.17, 15) is 73.0 Å². The largest absolute Gasteiger partial charge is 0.519 e. The summed E-state index contributed by atoms with van der Waals surface area (Å²) in [5, 5.41) is 50.9. The molecule has 0 saturated carbocycles. The molecular formula is C69H94N16O19. The van der Waals surface area contributed by atoms with Crippen molar-refractivity contribution in [2.24, 2.45) is 23.3 Å². The predicted octanol–water partition coefficient (Wildman–Crippen LogP) is 5.24. The lowest BCUT2D eigenvalue weighted by atomic mass is 9.97. The van der Waals surface area contributed by atoms with E-state index in [-0.39, 0.29) is 134 Å². The first-order valence-corrected chi connectivity index (χ1v) is 33.2. The van der Waals surface area contributed by atoms with E-state index in [0.717, 1.165) is 36.4 Å². The number of nitro groups is 2. The number of rotatable bonds is 42. The number of alkyl carbamates (subject to hydrolysis) is 2. The number of hydrogen-bond acceptors (Lipinski definition) is 21. The van der Waals surface area contributed by atoms with Crippen LogP contribution in [0.5, 0.6) is 11.5 Å². The number of nitrogens with one attached hydrogen (secondary N) is 10. The summed E-state index contributed by atoms with van der Waals surface area (Å²) in [6.07, 6.45) is -0.189. The van der Waals surface area contributed by atoms with Gasteiger partial charge in [0.15, 0.2) is 0 Å². The molecule has 4 aromatic carbocycles. The zero-order valence-electron chi connectivity index (χ0n) is 59.5. The fraction of sp³-hybridized carbons (Fsp3) is 0.435. The molecule has 14 N–H and O–H groups in total. The first kappa shape index (κ1) is 84.7. The molecule has 35 nitrogen and oxygen atoms in total. The molecule has 4 aromatic rings. The summed E-state index contributed by atoms with van der Waals surface area (Å²) in [7, 11) is 7.37. The summed E-state index contributed by atoms with van der Waals surface area (Å²) < 4.78 is 21.5. The molecule has 4 atom stereocenters. The second-order valence-corrected chi connectivity index (χ2v) is 24.9. The van der Waals surface area contributed by atoms with Gasteiger partial charge in [0.05, 0.1) is 9.85 Å². The van der Waals surface area contributed by atoms with E-state index in [1.54, 1.807) is 27.7 Å². The molecule has 0 spiro atoms. The quantitative estimate of drug-likeness (QED) is 0.00673. The molecule has 0 bridgehead atoms. The summed E-state index contributed by atoms with van der Waals surface area (Å²) in [5.74, 6) is -5.98. The van der Waals surface area contributed by atoms with E-state index >= 15 is 0 Å². The zero-order chi connectivity index (χ0) is 77.2. The standard InChI is InChI=1S/C69H94N16O19/c1-11-33-101-67(94)80-57(41(3)4)63(90)78-53(17-13-27-74-65(70)92)61(88)76-47-21-19-43(51(39-47)59(86)72-29-15-31-82(7)8)35-45-37-49(84(97)98)23-25-55(45)103-69(96)104-56-26-24-50(85(99)100)38-46(56)36-44-20-22-48(40-52(44)60(87)73-30-16-32-83(9)10)77-62(89)54(18-14-28-75-66(71)93)79-64(91)58(42(5)6)81-68(95)102-34-12-2/h11-12,19-26,37-42,53-54,57-58H,1-2,13-18,27-36H2,3-10H3,(H,72,86)(H,73,87)(H,76,88)(H,77,89)(H,78,90)(H,79,91)(H,80,94)(H,81,95)(H3,70,74,92)(H3,71,75,93)/t53-,54-,57-,58-/m0/s1. The van der Waals surface area contributed by atoms with Crippen molar-refractivity contribution in [2.75, 3.05) is 91.3 Å². The van der Waals surface area contributed by atoms with Gasteiger partial charge in [-0.05, 0) is 139 Å². The highest BCUT2D eigenvalue weighted by atomic mass is 16.7.